The maximum absolute atomic E-state index is 11.9. The van der Waals surface area contributed by atoms with E-state index in [4.69, 9.17) is 5.84 Å². The lowest BCUT2D eigenvalue weighted by molar-refractivity contribution is -0.144. The van der Waals surface area contributed by atoms with E-state index in [2.05, 4.69) is 15.4 Å². The summed E-state index contributed by atoms with van der Waals surface area (Å²) in [6.45, 7) is 1.91. The summed E-state index contributed by atoms with van der Waals surface area (Å²) < 4.78 is 0. The summed E-state index contributed by atoms with van der Waals surface area (Å²) in [6, 6.07) is 1.69. The van der Waals surface area contributed by atoms with Crippen molar-refractivity contribution in [3.05, 3.63) is 17.6 Å². The molecule has 1 saturated heterocycles. The van der Waals surface area contributed by atoms with Gasteiger partial charge in [-0.2, -0.15) is 0 Å². The van der Waals surface area contributed by atoms with Crippen LogP contribution in [0.3, 0.4) is 0 Å². The fourth-order valence-corrected chi connectivity index (χ4v) is 2.05. The summed E-state index contributed by atoms with van der Waals surface area (Å²) in [5.41, 5.74) is 3.17. The number of anilines is 1. The van der Waals surface area contributed by atoms with Crippen LogP contribution in [-0.2, 0) is 16.1 Å². The van der Waals surface area contributed by atoms with E-state index in [9.17, 15) is 9.59 Å². The van der Waals surface area contributed by atoms with Gasteiger partial charge in [0.15, 0.2) is 5.82 Å². The van der Waals surface area contributed by atoms with Crippen molar-refractivity contribution in [2.45, 2.75) is 39.2 Å². The molecule has 0 unspecified atom stereocenters. The first-order chi connectivity index (χ1) is 9.10. The zero-order valence-electron chi connectivity index (χ0n) is 10.8. The Morgan fingerprint density at radius 3 is 2.47 bits per heavy atom. The lowest BCUT2D eigenvalue weighted by Crippen LogP contribution is -2.35. The predicted molar refractivity (Wildman–Crippen MR) is 68.6 cm³/mol. The Kier molecular flexibility index (Phi) is 4.06. The monoisotopic (exact) mass is 263 g/mol. The Morgan fingerprint density at radius 2 is 1.89 bits per heavy atom. The summed E-state index contributed by atoms with van der Waals surface area (Å²) >= 11 is 0. The molecule has 0 radical (unpaired) electrons. The fourth-order valence-electron chi connectivity index (χ4n) is 2.05. The number of likely N-dealkylation sites (tertiary alicyclic amines) is 1. The minimum absolute atomic E-state index is 0.105. The fraction of sp³-hybridized carbons (Fsp3) is 0.500. The molecule has 2 heterocycles. The van der Waals surface area contributed by atoms with Gasteiger partial charge >= 0.3 is 0 Å². The maximum atomic E-state index is 11.9. The number of aromatic nitrogens is 2. The second-order valence-electron chi connectivity index (χ2n) is 4.54. The molecule has 0 aliphatic carbocycles. The van der Waals surface area contributed by atoms with Crippen LogP contribution in [0.4, 0.5) is 5.82 Å². The highest BCUT2D eigenvalue weighted by molar-refractivity contribution is 5.95. The number of nitrogens with zero attached hydrogens (tertiary/aromatic N) is 3. The van der Waals surface area contributed by atoms with Gasteiger partial charge in [-0.15, -0.1) is 0 Å². The topological polar surface area (TPSA) is 101 Å². The van der Waals surface area contributed by atoms with E-state index in [0.29, 0.717) is 24.5 Å². The van der Waals surface area contributed by atoms with Crippen molar-refractivity contribution in [3.8, 4) is 0 Å². The summed E-state index contributed by atoms with van der Waals surface area (Å²) in [6.07, 6.45) is 2.32. The van der Waals surface area contributed by atoms with Crippen molar-refractivity contribution in [2.75, 3.05) is 5.43 Å². The second kappa shape index (κ2) is 5.75. The molecule has 1 aromatic heterocycles. The number of amides is 2. The van der Waals surface area contributed by atoms with Crippen LogP contribution in [0.25, 0.3) is 0 Å². The number of hydrazine groups is 1. The van der Waals surface area contributed by atoms with Crippen molar-refractivity contribution < 1.29 is 9.59 Å². The van der Waals surface area contributed by atoms with Gasteiger partial charge in [-0.1, -0.05) is 0 Å². The smallest absolute Gasteiger partial charge is 0.229 e. The highest BCUT2D eigenvalue weighted by Gasteiger charge is 2.25. The molecule has 19 heavy (non-hydrogen) atoms. The standard InChI is InChI=1S/C12H17N5O2/c1-8-6-9(16-13)15-10(14-8)7-17-11(18)4-2-3-5-12(17)19/h6H,2-5,7,13H2,1H3,(H,14,15,16). The second-order valence-corrected chi connectivity index (χ2v) is 4.54. The van der Waals surface area contributed by atoms with Crippen LogP contribution in [-0.4, -0.2) is 26.7 Å². The van der Waals surface area contributed by atoms with Crippen LogP contribution in [0, 0.1) is 6.92 Å². The maximum Gasteiger partial charge on any atom is 0.229 e. The lowest BCUT2D eigenvalue weighted by Gasteiger charge is -2.18. The van der Waals surface area contributed by atoms with Gasteiger partial charge in [0.2, 0.25) is 11.8 Å². The molecule has 1 aliphatic heterocycles. The van der Waals surface area contributed by atoms with Crippen molar-refractivity contribution in [3.63, 3.8) is 0 Å². The van der Waals surface area contributed by atoms with Gasteiger partial charge in [0.05, 0.1) is 6.54 Å². The van der Waals surface area contributed by atoms with Crippen molar-refractivity contribution in [1.82, 2.24) is 14.9 Å². The summed E-state index contributed by atoms with van der Waals surface area (Å²) in [5.74, 6) is 5.88. The van der Waals surface area contributed by atoms with E-state index in [1.54, 1.807) is 13.0 Å². The van der Waals surface area contributed by atoms with E-state index in [1.165, 1.54) is 4.90 Å². The Hall–Kier alpha value is -2.02. The molecular weight excluding hydrogens is 246 g/mol. The molecule has 0 spiro atoms. The molecular formula is C12H17N5O2. The number of rotatable bonds is 3. The number of hydrogen-bond acceptors (Lipinski definition) is 6. The van der Waals surface area contributed by atoms with Gasteiger partial charge in [0.1, 0.15) is 5.82 Å². The van der Waals surface area contributed by atoms with Gasteiger partial charge in [0.25, 0.3) is 0 Å². The third kappa shape index (κ3) is 3.25. The third-order valence-corrected chi connectivity index (χ3v) is 2.98. The number of nitrogens with one attached hydrogen (secondary N) is 1. The Balaban J connectivity index is 2.21. The minimum Gasteiger partial charge on any atom is -0.308 e. The quantitative estimate of drug-likeness (QED) is 0.468. The number of carbonyl (C=O) groups excluding carboxylic acids is 2. The van der Waals surface area contributed by atoms with Gasteiger partial charge in [0, 0.05) is 24.6 Å². The molecule has 2 amide bonds. The summed E-state index contributed by atoms with van der Waals surface area (Å²) in [5, 5.41) is 0. The van der Waals surface area contributed by atoms with Gasteiger partial charge in [-0.25, -0.2) is 15.8 Å². The zero-order chi connectivity index (χ0) is 13.8. The molecule has 0 bridgehead atoms. The number of aryl methyl sites for hydroxylation is 1. The first-order valence-electron chi connectivity index (χ1n) is 6.24. The van der Waals surface area contributed by atoms with Crippen LogP contribution < -0.4 is 11.3 Å². The largest absolute Gasteiger partial charge is 0.308 e. The Morgan fingerprint density at radius 1 is 1.26 bits per heavy atom. The van der Waals surface area contributed by atoms with E-state index in [-0.39, 0.29) is 18.4 Å². The molecule has 0 atom stereocenters. The third-order valence-electron chi connectivity index (χ3n) is 2.98. The molecule has 7 heteroatoms. The average Bonchev–Trinajstić information content (AvgIpc) is 2.53. The molecule has 1 aromatic rings. The molecule has 2 rings (SSSR count). The molecule has 0 aromatic carbocycles. The molecule has 3 N–H and O–H groups in total. The van der Waals surface area contributed by atoms with E-state index >= 15 is 0 Å². The SMILES string of the molecule is Cc1cc(NN)nc(CN2C(=O)CCCCC2=O)n1. The zero-order valence-corrected chi connectivity index (χ0v) is 10.8. The van der Waals surface area contributed by atoms with E-state index in [1.807, 2.05) is 0 Å². The molecule has 1 aliphatic rings. The summed E-state index contributed by atoms with van der Waals surface area (Å²) in [4.78, 5) is 33.4. The van der Waals surface area contributed by atoms with Crippen molar-refractivity contribution in [2.24, 2.45) is 5.84 Å². The predicted octanol–water partition coefficient (Wildman–Crippen LogP) is 0.500. The number of carbonyl (C=O) groups is 2. The highest BCUT2D eigenvalue weighted by atomic mass is 16.2. The number of nitrogens with two attached hydrogens (primary N) is 1. The molecule has 0 saturated carbocycles. The number of hydrogen-bond donors (Lipinski definition) is 2. The van der Waals surface area contributed by atoms with Crippen LogP contribution in [0.5, 0.6) is 0 Å². The van der Waals surface area contributed by atoms with Crippen molar-refractivity contribution >= 4 is 17.6 Å². The minimum atomic E-state index is -0.158. The molecule has 7 nitrogen and oxygen atoms in total. The normalized spacial score (nSPS) is 16.4. The first-order valence-corrected chi connectivity index (χ1v) is 6.24. The lowest BCUT2D eigenvalue weighted by atomic mass is 10.2. The Bertz CT molecular complexity index is 485. The highest BCUT2D eigenvalue weighted by Crippen LogP contribution is 2.15. The van der Waals surface area contributed by atoms with Gasteiger partial charge in [-0.05, 0) is 19.8 Å². The average molecular weight is 263 g/mol. The molecule has 102 valence electrons. The van der Waals surface area contributed by atoms with E-state index in [0.717, 1.165) is 18.5 Å². The first kappa shape index (κ1) is 13.4. The Labute approximate surface area is 111 Å². The van der Waals surface area contributed by atoms with Crippen LogP contribution in [0.2, 0.25) is 0 Å². The molecule has 1 fully saturated rings. The summed E-state index contributed by atoms with van der Waals surface area (Å²) in [7, 11) is 0. The van der Waals surface area contributed by atoms with Crippen LogP contribution in [0.1, 0.15) is 37.2 Å². The van der Waals surface area contributed by atoms with Gasteiger partial charge < -0.3 is 5.43 Å². The van der Waals surface area contributed by atoms with Crippen LogP contribution in [0.15, 0.2) is 6.07 Å². The van der Waals surface area contributed by atoms with Gasteiger partial charge in [-0.3, -0.25) is 14.5 Å². The van der Waals surface area contributed by atoms with Crippen molar-refractivity contribution in [1.29, 1.82) is 0 Å². The number of nitrogen functional groups attached to an aromatic ring is 1. The van der Waals surface area contributed by atoms with E-state index < -0.39 is 0 Å². The number of imide groups is 1. The van der Waals surface area contributed by atoms with Crippen LogP contribution >= 0.6 is 0 Å².